The van der Waals surface area contributed by atoms with E-state index < -0.39 is 0 Å². The Balaban J connectivity index is 1.27. The molecule has 1 saturated carbocycles. The van der Waals surface area contributed by atoms with Gasteiger partial charge in [0.15, 0.2) is 0 Å². The number of hydrogen-bond acceptors (Lipinski definition) is 4. The topological polar surface area (TPSA) is 19.0 Å². The van der Waals surface area contributed by atoms with Crippen molar-refractivity contribution in [3.8, 4) is 0 Å². The number of likely N-dealkylation sites (tertiary alicyclic amines) is 1. The highest BCUT2D eigenvalue weighted by Gasteiger charge is 2.34. The Kier molecular flexibility index (Phi) is 6.58. The maximum absolute atomic E-state index is 6.37. The van der Waals surface area contributed by atoms with E-state index >= 15 is 0 Å². The van der Waals surface area contributed by atoms with Crippen molar-refractivity contribution in [2.45, 2.75) is 77.7 Å². The zero-order valence-electron chi connectivity index (χ0n) is 16.4. The van der Waals surface area contributed by atoms with Crippen LogP contribution in [-0.2, 0) is 4.74 Å². The first kappa shape index (κ1) is 18.6. The second-order valence-corrected chi connectivity index (χ2v) is 8.85. The molecule has 3 fully saturated rings. The predicted octanol–water partition coefficient (Wildman–Crippen LogP) is 2.68. The van der Waals surface area contributed by atoms with Crippen LogP contribution in [0.1, 0.15) is 53.4 Å². The predicted molar refractivity (Wildman–Crippen MR) is 100 cm³/mol. The van der Waals surface area contributed by atoms with Gasteiger partial charge in [0.2, 0.25) is 0 Å². The van der Waals surface area contributed by atoms with Gasteiger partial charge in [-0.3, -0.25) is 4.90 Å². The minimum absolute atomic E-state index is 0.528. The molecule has 4 heteroatoms. The average Bonchev–Trinajstić information content (AvgIpc) is 2.53. The molecule has 0 spiro atoms. The lowest BCUT2D eigenvalue weighted by Crippen LogP contribution is -2.51. The molecule has 1 aliphatic carbocycles. The smallest absolute Gasteiger partial charge is 0.0603 e. The molecule has 2 aliphatic heterocycles. The van der Waals surface area contributed by atoms with Crippen LogP contribution in [0.2, 0.25) is 0 Å². The van der Waals surface area contributed by atoms with Crippen LogP contribution in [0.3, 0.4) is 0 Å². The van der Waals surface area contributed by atoms with Gasteiger partial charge in [-0.1, -0.05) is 0 Å². The van der Waals surface area contributed by atoms with Gasteiger partial charge >= 0.3 is 0 Å². The van der Waals surface area contributed by atoms with Crippen LogP contribution < -0.4 is 0 Å². The molecule has 2 saturated heterocycles. The van der Waals surface area contributed by atoms with E-state index in [0.717, 1.165) is 5.92 Å². The third kappa shape index (κ3) is 4.94. The average molecular weight is 338 g/mol. The zero-order chi connectivity index (χ0) is 17.1. The van der Waals surface area contributed by atoms with Crippen molar-refractivity contribution in [2.24, 2.45) is 5.92 Å². The van der Waals surface area contributed by atoms with E-state index in [4.69, 9.17) is 4.74 Å². The molecule has 0 amide bonds. The molecule has 3 aliphatic rings. The molecule has 0 unspecified atom stereocenters. The van der Waals surface area contributed by atoms with Crippen LogP contribution in [0.25, 0.3) is 0 Å². The van der Waals surface area contributed by atoms with Crippen molar-refractivity contribution < 1.29 is 4.74 Å². The Hall–Kier alpha value is -0.160. The van der Waals surface area contributed by atoms with Crippen molar-refractivity contribution in [3.63, 3.8) is 0 Å². The van der Waals surface area contributed by atoms with Crippen LogP contribution in [0, 0.1) is 5.92 Å². The van der Waals surface area contributed by atoms with Gasteiger partial charge in [0, 0.05) is 57.9 Å². The molecule has 140 valence electrons. The van der Waals surface area contributed by atoms with Gasteiger partial charge in [-0.05, 0) is 59.3 Å². The van der Waals surface area contributed by atoms with Crippen LogP contribution in [-0.4, -0.2) is 84.8 Å². The molecule has 4 nitrogen and oxygen atoms in total. The van der Waals surface area contributed by atoms with Gasteiger partial charge < -0.3 is 14.5 Å². The van der Waals surface area contributed by atoms with Gasteiger partial charge in [-0.25, -0.2) is 0 Å². The number of piperazine rings is 1. The van der Waals surface area contributed by atoms with Crippen LogP contribution in [0.15, 0.2) is 0 Å². The molecule has 0 radical (unpaired) electrons. The van der Waals surface area contributed by atoms with E-state index in [1.807, 2.05) is 0 Å². The maximum Gasteiger partial charge on any atom is 0.0603 e. The minimum atomic E-state index is 0.528. The first-order valence-corrected chi connectivity index (χ1v) is 10.4. The Bertz CT molecular complexity index is 331. The van der Waals surface area contributed by atoms with Gasteiger partial charge in [0.1, 0.15) is 0 Å². The molecule has 0 aromatic heterocycles. The highest BCUT2D eigenvalue weighted by molar-refractivity contribution is 4.86. The second-order valence-electron chi connectivity index (χ2n) is 8.85. The summed E-state index contributed by atoms with van der Waals surface area (Å²) in [7, 11) is 0. The molecule has 3 rings (SSSR count). The van der Waals surface area contributed by atoms with Crippen LogP contribution in [0.4, 0.5) is 0 Å². The quantitative estimate of drug-likeness (QED) is 0.742. The van der Waals surface area contributed by atoms with E-state index in [1.54, 1.807) is 0 Å². The molecule has 24 heavy (non-hydrogen) atoms. The minimum Gasteiger partial charge on any atom is -0.375 e. The lowest BCUT2D eigenvalue weighted by molar-refractivity contribution is -0.100. The summed E-state index contributed by atoms with van der Waals surface area (Å²) in [4.78, 5) is 7.87. The molecule has 0 atom stereocenters. The summed E-state index contributed by atoms with van der Waals surface area (Å²) in [5.74, 6) is 0.886. The summed E-state index contributed by atoms with van der Waals surface area (Å²) in [5.41, 5.74) is 0. The van der Waals surface area contributed by atoms with Gasteiger partial charge in [-0.2, -0.15) is 0 Å². The first-order chi connectivity index (χ1) is 11.5. The Morgan fingerprint density at radius 1 is 0.750 bits per heavy atom. The lowest BCUT2D eigenvalue weighted by atomic mass is 9.81. The molecular formula is C20H39N3O. The van der Waals surface area contributed by atoms with E-state index in [9.17, 15) is 0 Å². The lowest BCUT2D eigenvalue weighted by Gasteiger charge is -2.44. The molecule has 2 heterocycles. The van der Waals surface area contributed by atoms with Crippen molar-refractivity contribution in [2.75, 3.05) is 45.8 Å². The van der Waals surface area contributed by atoms with Crippen molar-refractivity contribution in [3.05, 3.63) is 0 Å². The van der Waals surface area contributed by atoms with E-state index in [-0.39, 0.29) is 0 Å². The largest absolute Gasteiger partial charge is 0.375 e. The Morgan fingerprint density at radius 2 is 1.29 bits per heavy atom. The number of hydrogen-bond donors (Lipinski definition) is 0. The third-order valence-electron chi connectivity index (χ3n) is 6.44. The monoisotopic (exact) mass is 337 g/mol. The van der Waals surface area contributed by atoms with Crippen molar-refractivity contribution in [1.82, 2.24) is 14.7 Å². The highest BCUT2D eigenvalue weighted by Crippen LogP contribution is 2.33. The summed E-state index contributed by atoms with van der Waals surface area (Å²) >= 11 is 0. The van der Waals surface area contributed by atoms with E-state index in [2.05, 4.69) is 42.4 Å². The summed E-state index contributed by atoms with van der Waals surface area (Å²) in [6.07, 6.45) is 6.15. The Labute approximate surface area is 149 Å². The summed E-state index contributed by atoms with van der Waals surface area (Å²) < 4.78 is 6.37. The third-order valence-corrected chi connectivity index (χ3v) is 6.44. The zero-order valence-corrected chi connectivity index (χ0v) is 16.4. The molecule has 0 aromatic rings. The summed E-state index contributed by atoms with van der Waals surface area (Å²) in [6, 6.07) is 1.39. The maximum atomic E-state index is 6.37. The van der Waals surface area contributed by atoms with Crippen LogP contribution in [0.5, 0.6) is 0 Å². The van der Waals surface area contributed by atoms with Gasteiger partial charge in [0.25, 0.3) is 0 Å². The number of ether oxygens (including phenoxy) is 1. The summed E-state index contributed by atoms with van der Waals surface area (Å²) in [5, 5.41) is 0. The van der Waals surface area contributed by atoms with E-state index in [1.165, 1.54) is 71.5 Å². The number of nitrogens with zero attached hydrogens (tertiary/aromatic N) is 3. The fourth-order valence-electron chi connectivity index (χ4n) is 4.56. The van der Waals surface area contributed by atoms with Crippen LogP contribution >= 0.6 is 0 Å². The highest BCUT2D eigenvalue weighted by atomic mass is 16.5. The SMILES string of the molecule is CC(C)N1CCC(OC2CC(CN3CCN(C(C)C)CC3)C2)CC1. The van der Waals surface area contributed by atoms with Crippen molar-refractivity contribution >= 4 is 0 Å². The molecule has 0 bridgehead atoms. The second kappa shape index (κ2) is 8.48. The fourth-order valence-corrected chi connectivity index (χ4v) is 4.56. The fraction of sp³-hybridized carbons (Fsp3) is 1.00. The summed E-state index contributed by atoms with van der Waals surface area (Å²) in [6.45, 7) is 18.0. The first-order valence-electron chi connectivity index (χ1n) is 10.4. The molecule has 0 aromatic carbocycles. The molecule has 0 N–H and O–H groups in total. The van der Waals surface area contributed by atoms with Gasteiger partial charge in [0.05, 0.1) is 12.2 Å². The molecular weight excluding hydrogens is 298 g/mol. The van der Waals surface area contributed by atoms with Gasteiger partial charge in [-0.15, -0.1) is 0 Å². The number of piperidine rings is 1. The Morgan fingerprint density at radius 3 is 1.83 bits per heavy atom. The number of rotatable bonds is 6. The standard InChI is InChI=1S/C20H39N3O/c1-16(2)22-7-5-19(6-8-22)24-20-13-18(14-20)15-21-9-11-23(12-10-21)17(3)4/h16-20H,5-15H2,1-4H3. The van der Waals surface area contributed by atoms with Crippen molar-refractivity contribution in [1.29, 1.82) is 0 Å². The van der Waals surface area contributed by atoms with E-state index in [0.29, 0.717) is 24.3 Å². The normalized spacial score (nSPS) is 31.8.